The van der Waals surface area contributed by atoms with E-state index >= 15 is 0 Å². The second-order valence-corrected chi connectivity index (χ2v) is 9.54. The molecule has 2 heterocycles. The Morgan fingerprint density at radius 3 is 2.60 bits per heavy atom. The molecule has 0 unspecified atom stereocenters. The van der Waals surface area contributed by atoms with Crippen molar-refractivity contribution in [1.82, 2.24) is 0 Å². The Labute approximate surface area is 204 Å². The van der Waals surface area contributed by atoms with Gasteiger partial charge in [0.25, 0.3) is 0 Å². The van der Waals surface area contributed by atoms with Crippen LogP contribution in [0.5, 0.6) is 17.2 Å². The predicted molar refractivity (Wildman–Crippen MR) is 125 cm³/mol. The first kappa shape index (κ1) is 23.3. The topological polar surface area (TPSA) is 89.5 Å². The van der Waals surface area contributed by atoms with Gasteiger partial charge >= 0.3 is 5.97 Å². The number of ether oxygens (including phenoxy) is 6. The number of allylic oxidation sites excluding steroid dienone is 3. The summed E-state index contributed by atoms with van der Waals surface area (Å²) in [6, 6.07) is 1.84. The van der Waals surface area contributed by atoms with Crippen LogP contribution in [0.15, 0.2) is 40.9 Å². The van der Waals surface area contributed by atoms with E-state index in [-0.39, 0.29) is 36.8 Å². The standard InChI is InChI=1S/C27H30O8/c1-7-13(2)26(29)35-21-15(4)14(3)8-16-9-18(30-5)23(31-6)25(28)27(16)11-32-24-20(27)17(21)10-19-22(24)34-12-33-19/h7,9-10,14-15,21H,8,11-12H2,1-6H3/b13-7+/t14-,15-,21+,27-/m0/s1. The summed E-state index contributed by atoms with van der Waals surface area (Å²) in [6.45, 7) is 7.81. The Morgan fingerprint density at radius 2 is 1.91 bits per heavy atom. The maximum absolute atomic E-state index is 14.2. The molecular weight excluding hydrogens is 452 g/mol. The van der Waals surface area contributed by atoms with E-state index in [4.69, 9.17) is 28.4 Å². The highest BCUT2D eigenvalue weighted by atomic mass is 16.7. The van der Waals surface area contributed by atoms with Gasteiger partial charge in [0.2, 0.25) is 24.1 Å². The number of esters is 1. The van der Waals surface area contributed by atoms with Crippen LogP contribution < -0.4 is 14.2 Å². The van der Waals surface area contributed by atoms with Gasteiger partial charge in [0.15, 0.2) is 17.3 Å². The summed E-state index contributed by atoms with van der Waals surface area (Å²) in [7, 11) is 2.98. The van der Waals surface area contributed by atoms with Crippen molar-refractivity contribution in [1.29, 1.82) is 0 Å². The van der Waals surface area contributed by atoms with E-state index < -0.39 is 17.5 Å². The second-order valence-electron chi connectivity index (χ2n) is 9.54. The van der Waals surface area contributed by atoms with Crippen molar-refractivity contribution < 1.29 is 38.0 Å². The van der Waals surface area contributed by atoms with Gasteiger partial charge in [0, 0.05) is 22.6 Å². The molecule has 186 valence electrons. The number of carbonyl (C=O) groups excluding carboxylic acids is 2. The number of Topliss-reactive ketones (excluding diaryl/α,β-unsaturated/α-hetero) is 1. The lowest BCUT2D eigenvalue weighted by Crippen LogP contribution is -2.46. The average molecular weight is 483 g/mol. The minimum Gasteiger partial charge on any atom is -0.493 e. The van der Waals surface area contributed by atoms with E-state index in [1.807, 2.05) is 12.1 Å². The number of fused-ring (bicyclic) bond motifs is 2. The van der Waals surface area contributed by atoms with Crippen molar-refractivity contribution in [2.24, 2.45) is 11.8 Å². The molecule has 0 saturated carbocycles. The van der Waals surface area contributed by atoms with Crippen molar-refractivity contribution in [2.75, 3.05) is 27.6 Å². The molecule has 0 saturated heterocycles. The van der Waals surface area contributed by atoms with Crippen LogP contribution in [0.25, 0.3) is 0 Å². The molecule has 0 amide bonds. The molecule has 2 aliphatic heterocycles. The second kappa shape index (κ2) is 8.36. The van der Waals surface area contributed by atoms with Gasteiger partial charge in [-0.25, -0.2) is 4.79 Å². The molecule has 4 aliphatic rings. The van der Waals surface area contributed by atoms with Gasteiger partial charge in [-0.15, -0.1) is 0 Å². The fourth-order valence-electron chi connectivity index (χ4n) is 5.51. The van der Waals surface area contributed by atoms with Crippen LogP contribution >= 0.6 is 0 Å². The third kappa shape index (κ3) is 3.18. The van der Waals surface area contributed by atoms with Gasteiger partial charge in [-0.1, -0.05) is 19.9 Å². The van der Waals surface area contributed by atoms with Crippen molar-refractivity contribution in [2.45, 2.75) is 45.6 Å². The molecule has 0 N–H and O–H groups in total. The minimum absolute atomic E-state index is 0.0450. The average Bonchev–Trinajstić information content (AvgIpc) is 3.48. The number of rotatable bonds is 4. The summed E-state index contributed by atoms with van der Waals surface area (Å²) in [5.74, 6) is 1.30. The lowest BCUT2D eigenvalue weighted by atomic mass is 9.62. The van der Waals surface area contributed by atoms with Crippen molar-refractivity contribution in [3.05, 3.63) is 52.0 Å². The van der Waals surface area contributed by atoms with E-state index in [9.17, 15) is 9.59 Å². The van der Waals surface area contributed by atoms with E-state index in [0.717, 1.165) is 5.57 Å². The molecular formula is C27H30O8. The van der Waals surface area contributed by atoms with Crippen LogP contribution in [0.2, 0.25) is 0 Å². The van der Waals surface area contributed by atoms with E-state index in [0.29, 0.717) is 46.1 Å². The molecule has 1 spiro atoms. The molecule has 8 nitrogen and oxygen atoms in total. The number of benzene rings is 1. The maximum Gasteiger partial charge on any atom is 0.333 e. The van der Waals surface area contributed by atoms with Crippen LogP contribution in [-0.2, 0) is 29.2 Å². The molecule has 5 rings (SSSR count). The number of ketones is 1. The van der Waals surface area contributed by atoms with Gasteiger partial charge < -0.3 is 28.4 Å². The van der Waals surface area contributed by atoms with E-state index in [2.05, 4.69) is 13.8 Å². The van der Waals surface area contributed by atoms with Gasteiger partial charge in [-0.2, -0.15) is 0 Å². The SMILES string of the molecule is C/C=C(\C)C(=O)O[C@H]1c2cc3c(c4c2[C@@]2(CO4)C(=O)C(OC)=C(OC)C=C2C[C@H](C)[C@@H]1C)OCO3. The lowest BCUT2D eigenvalue weighted by molar-refractivity contribution is -0.148. The Bertz CT molecular complexity index is 1210. The molecule has 0 bridgehead atoms. The molecule has 35 heavy (non-hydrogen) atoms. The van der Waals surface area contributed by atoms with Gasteiger partial charge in [-0.3, -0.25) is 4.79 Å². The summed E-state index contributed by atoms with van der Waals surface area (Å²) in [6.07, 6.45) is 3.58. The van der Waals surface area contributed by atoms with Crippen LogP contribution in [0.4, 0.5) is 0 Å². The first-order chi connectivity index (χ1) is 16.8. The summed E-state index contributed by atoms with van der Waals surface area (Å²) in [5, 5.41) is 0. The summed E-state index contributed by atoms with van der Waals surface area (Å²) < 4.78 is 34.9. The number of methoxy groups -OCH3 is 2. The Morgan fingerprint density at radius 1 is 1.14 bits per heavy atom. The molecule has 0 aromatic heterocycles. The zero-order valence-corrected chi connectivity index (χ0v) is 20.9. The predicted octanol–water partition coefficient (Wildman–Crippen LogP) is 4.29. The lowest BCUT2D eigenvalue weighted by Gasteiger charge is -2.41. The highest BCUT2D eigenvalue weighted by Crippen LogP contribution is 2.61. The molecule has 0 fully saturated rings. The van der Waals surface area contributed by atoms with Crippen LogP contribution in [0.3, 0.4) is 0 Å². The molecule has 4 atom stereocenters. The molecule has 0 radical (unpaired) electrons. The largest absolute Gasteiger partial charge is 0.493 e. The van der Waals surface area contributed by atoms with Gasteiger partial charge in [0.1, 0.15) is 18.1 Å². The summed E-state index contributed by atoms with van der Waals surface area (Å²) >= 11 is 0. The van der Waals surface area contributed by atoms with Gasteiger partial charge in [-0.05, 0) is 43.9 Å². The minimum atomic E-state index is -1.15. The van der Waals surface area contributed by atoms with E-state index in [1.54, 1.807) is 19.9 Å². The van der Waals surface area contributed by atoms with E-state index in [1.165, 1.54) is 14.2 Å². The highest BCUT2D eigenvalue weighted by molar-refractivity contribution is 6.08. The smallest absolute Gasteiger partial charge is 0.333 e. The normalized spacial score (nSPS) is 28.9. The fourth-order valence-corrected chi connectivity index (χ4v) is 5.51. The van der Waals surface area contributed by atoms with Crippen molar-refractivity contribution >= 4 is 11.8 Å². The zero-order valence-electron chi connectivity index (χ0n) is 20.9. The first-order valence-electron chi connectivity index (χ1n) is 11.8. The third-order valence-electron chi connectivity index (χ3n) is 7.82. The molecule has 1 aromatic rings. The Hall–Kier alpha value is -3.42. The fraction of sp³-hybridized carbons (Fsp3) is 0.481. The quantitative estimate of drug-likeness (QED) is 0.464. The van der Waals surface area contributed by atoms with Crippen molar-refractivity contribution in [3.63, 3.8) is 0 Å². The summed E-state index contributed by atoms with van der Waals surface area (Å²) in [4.78, 5) is 27.1. The number of hydrogen-bond donors (Lipinski definition) is 0. The monoisotopic (exact) mass is 482 g/mol. The molecule has 2 aliphatic carbocycles. The Kier molecular flexibility index (Phi) is 5.57. The molecule has 8 heteroatoms. The maximum atomic E-state index is 14.2. The third-order valence-corrected chi connectivity index (χ3v) is 7.82. The van der Waals surface area contributed by atoms with Crippen LogP contribution in [-0.4, -0.2) is 39.4 Å². The van der Waals surface area contributed by atoms with Crippen molar-refractivity contribution in [3.8, 4) is 17.2 Å². The first-order valence-corrected chi connectivity index (χ1v) is 11.8. The van der Waals surface area contributed by atoms with Crippen LogP contribution in [0.1, 0.15) is 51.3 Å². The summed E-state index contributed by atoms with van der Waals surface area (Å²) in [5.41, 5.74) is 1.59. The van der Waals surface area contributed by atoms with Gasteiger partial charge in [0.05, 0.1) is 14.2 Å². The molecule has 1 aromatic carbocycles. The highest BCUT2D eigenvalue weighted by Gasteiger charge is 2.59. The number of carbonyl (C=O) groups is 2. The number of hydrogen-bond acceptors (Lipinski definition) is 8. The Balaban J connectivity index is 1.80. The zero-order chi connectivity index (χ0) is 25.1. The van der Waals surface area contributed by atoms with Crippen LogP contribution in [0, 0.1) is 11.8 Å².